The van der Waals surface area contributed by atoms with Gasteiger partial charge in [0.25, 0.3) is 0 Å². The Labute approximate surface area is 126 Å². The number of hydrogen-bond donors (Lipinski definition) is 1. The third kappa shape index (κ3) is 3.22. The van der Waals surface area contributed by atoms with Crippen LogP contribution in [-0.2, 0) is 0 Å². The SMILES string of the molecule is COc1ccc(C(N)=S)c(N2CCC(N(C)C)CC2)c1. The van der Waals surface area contributed by atoms with Crippen LogP contribution in [0.4, 0.5) is 5.69 Å². The van der Waals surface area contributed by atoms with E-state index < -0.39 is 0 Å². The highest BCUT2D eigenvalue weighted by Crippen LogP contribution is 2.29. The van der Waals surface area contributed by atoms with Gasteiger partial charge in [-0.25, -0.2) is 0 Å². The van der Waals surface area contributed by atoms with Gasteiger partial charge < -0.3 is 20.3 Å². The summed E-state index contributed by atoms with van der Waals surface area (Å²) < 4.78 is 5.32. The van der Waals surface area contributed by atoms with Crippen LogP contribution in [0.25, 0.3) is 0 Å². The van der Waals surface area contributed by atoms with E-state index in [9.17, 15) is 0 Å². The quantitative estimate of drug-likeness (QED) is 0.858. The molecule has 0 bridgehead atoms. The number of benzene rings is 1. The summed E-state index contributed by atoms with van der Waals surface area (Å²) in [5, 5.41) is 0. The average Bonchev–Trinajstić information content (AvgIpc) is 2.46. The summed E-state index contributed by atoms with van der Waals surface area (Å²) in [6, 6.07) is 6.55. The van der Waals surface area contributed by atoms with Crippen molar-refractivity contribution < 1.29 is 4.74 Å². The molecule has 5 heteroatoms. The molecular formula is C15H23N3OS. The number of rotatable bonds is 4. The van der Waals surface area contributed by atoms with Crippen LogP contribution in [0.3, 0.4) is 0 Å². The Hall–Kier alpha value is -1.33. The number of nitrogens with zero attached hydrogens (tertiary/aromatic N) is 2. The third-order valence-corrected chi connectivity index (χ3v) is 4.23. The normalized spacial score (nSPS) is 16.5. The minimum atomic E-state index is 0.442. The van der Waals surface area contributed by atoms with Crippen LogP contribution in [-0.4, -0.2) is 50.2 Å². The Morgan fingerprint density at radius 2 is 2.00 bits per heavy atom. The fourth-order valence-electron chi connectivity index (χ4n) is 2.73. The Morgan fingerprint density at radius 1 is 1.35 bits per heavy atom. The number of hydrogen-bond acceptors (Lipinski definition) is 4. The van der Waals surface area contributed by atoms with Gasteiger partial charge in [0, 0.05) is 30.8 Å². The maximum Gasteiger partial charge on any atom is 0.120 e. The highest BCUT2D eigenvalue weighted by atomic mass is 32.1. The minimum absolute atomic E-state index is 0.442. The first-order valence-corrected chi connectivity index (χ1v) is 7.33. The standard InChI is InChI=1S/C15H23N3OS/c1-17(2)11-6-8-18(9-7-11)14-10-12(19-3)4-5-13(14)15(16)20/h4-5,10-11H,6-9H2,1-3H3,(H2,16,20). The molecule has 1 aromatic rings. The van der Waals surface area contributed by atoms with Crippen molar-refractivity contribution in [1.82, 2.24) is 4.90 Å². The summed E-state index contributed by atoms with van der Waals surface area (Å²) in [6.45, 7) is 2.04. The van der Waals surface area contributed by atoms with Crippen LogP contribution in [0.1, 0.15) is 18.4 Å². The topological polar surface area (TPSA) is 41.7 Å². The number of ether oxygens (including phenoxy) is 1. The Balaban J connectivity index is 2.21. The highest BCUT2D eigenvalue weighted by molar-refractivity contribution is 7.80. The van der Waals surface area contributed by atoms with Crippen LogP contribution >= 0.6 is 12.2 Å². The first-order chi connectivity index (χ1) is 9.52. The monoisotopic (exact) mass is 293 g/mol. The van der Waals surface area contributed by atoms with Gasteiger partial charge in [-0.2, -0.15) is 0 Å². The lowest BCUT2D eigenvalue weighted by Crippen LogP contribution is -2.42. The van der Waals surface area contributed by atoms with Gasteiger partial charge in [-0.3, -0.25) is 0 Å². The molecule has 0 saturated carbocycles. The van der Waals surface area contributed by atoms with Gasteiger partial charge in [0.2, 0.25) is 0 Å². The average molecular weight is 293 g/mol. The molecule has 110 valence electrons. The van der Waals surface area contributed by atoms with Gasteiger partial charge in [-0.1, -0.05) is 12.2 Å². The van der Waals surface area contributed by atoms with Crippen molar-refractivity contribution >= 4 is 22.9 Å². The number of nitrogens with two attached hydrogens (primary N) is 1. The van der Waals surface area contributed by atoms with Crippen molar-refractivity contribution in [2.24, 2.45) is 5.73 Å². The predicted octanol–water partition coefficient (Wildman–Crippen LogP) is 1.86. The number of thiocarbonyl (C=S) groups is 1. The van der Waals surface area contributed by atoms with E-state index in [1.165, 1.54) is 0 Å². The number of piperidine rings is 1. The van der Waals surface area contributed by atoms with Gasteiger partial charge in [-0.15, -0.1) is 0 Å². The first-order valence-electron chi connectivity index (χ1n) is 6.92. The molecule has 0 aliphatic carbocycles. The molecule has 1 aliphatic rings. The Morgan fingerprint density at radius 3 is 2.50 bits per heavy atom. The zero-order valence-electron chi connectivity index (χ0n) is 12.4. The second kappa shape index (κ2) is 6.41. The summed E-state index contributed by atoms with van der Waals surface area (Å²) in [7, 11) is 5.97. The van der Waals surface area contributed by atoms with Gasteiger partial charge >= 0.3 is 0 Å². The molecule has 0 aromatic heterocycles. The summed E-state index contributed by atoms with van der Waals surface area (Å²) in [5.41, 5.74) is 7.87. The molecule has 2 rings (SSSR count). The molecule has 0 unspecified atom stereocenters. The fourth-order valence-corrected chi connectivity index (χ4v) is 2.90. The lowest BCUT2D eigenvalue weighted by atomic mass is 10.0. The summed E-state index contributed by atoms with van der Waals surface area (Å²) >= 11 is 5.17. The third-order valence-electron chi connectivity index (χ3n) is 4.01. The highest BCUT2D eigenvalue weighted by Gasteiger charge is 2.23. The van der Waals surface area contributed by atoms with Crippen molar-refractivity contribution in [3.63, 3.8) is 0 Å². The van der Waals surface area contributed by atoms with Crippen molar-refractivity contribution in [3.8, 4) is 5.75 Å². The van der Waals surface area contributed by atoms with Crippen LogP contribution in [0.2, 0.25) is 0 Å². The largest absolute Gasteiger partial charge is 0.497 e. The molecule has 20 heavy (non-hydrogen) atoms. The van der Waals surface area contributed by atoms with Crippen molar-refractivity contribution in [2.45, 2.75) is 18.9 Å². The van der Waals surface area contributed by atoms with E-state index in [2.05, 4.69) is 23.9 Å². The molecule has 2 N–H and O–H groups in total. The molecule has 1 saturated heterocycles. The van der Waals surface area contributed by atoms with E-state index in [1.54, 1.807) is 7.11 Å². The zero-order valence-corrected chi connectivity index (χ0v) is 13.2. The fraction of sp³-hybridized carbons (Fsp3) is 0.533. The number of anilines is 1. The Bertz CT molecular complexity index is 482. The van der Waals surface area contributed by atoms with E-state index >= 15 is 0 Å². The van der Waals surface area contributed by atoms with Gasteiger partial charge in [0.15, 0.2) is 0 Å². The lowest BCUT2D eigenvalue weighted by molar-refractivity contribution is 0.249. The molecule has 1 fully saturated rings. The summed E-state index contributed by atoms with van der Waals surface area (Å²) in [6.07, 6.45) is 2.31. The molecule has 0 spiro atoms. The van der Waals surface area contributed by atoms with E-state index in [0.29, 0.717) is 11.0 Å². The summed E-state index contributed by atoms with van der Waals surface area (Å²) in [4.78, 5) is 5.10. The molecular weight excluding hydrogens is 270 g/mol. The van der Waals surface area contributed by atoms with E-state index in [-0.39, 0.29) is 0 Å². The van der Waals surface area contributed by atoms with Gasteiger partial charge in [0.1, 0.15) is 10.7 Å². The van der Waals surface area contributed by atoms with Crippen LogP contribution < -0.4 is 15.4 Å². The molecule has 1 aromatic carbocycles. The second-order valence-corrected chi connectivity index (χ2v) is 5.87. The van der Waals surface area contributed by atoms with E-state index in [0.717, 1.165) is 42.9 Å². The van der Waals surface area contributed by atoms with Crippen LogP contribution in [0.5, 0.6) is 5.75 Å². The van der Waals surface area contributed by atoms with Gasteiger partial charge in [0.05, 0.1) is 12.8 Å². The maximum atomic E-state index is 5.84. The predicted molar refractivity (Wildman–Crippen MR) is 87.8 cm³/mol. The van der Waals surface area contributed by atoms with Crippen LogP contribution in [0, 0.1) is 0 Å². The molecule has 0 radical (unpaired) electrons. The van der Waals surface area contributed by atoms with Crippen molar-refractivity contribution in [3.05, 3.63) is 23.8 Å². The molecule has 0 atom stereocenters. The van der Waals surface area contributed by atoms with E-state index in [1.807, 2.05) is 18.2 Å². The van der Waals surface area contributed by atoms with Crippen molar-refractivity contribution in [2.75, 3.05) is 39.2 Å². The lowest BCUT2D eigenvalue weighted by Gasteiger charge is -2.37. The molecule has 0 amide bonds. The minimum Gasteiger partial charge on any atom is -0.497 e. The summed E-state index contributed by atoms with van der Waals surface area (Å²) in [5.74, 6) is 0.842. The molecule has 1 heterocycles. The van der Waals surface area contributed by atoms with Crippen LogP contribution in [0.15, 0.2) is 18.2 Å². The first kappa shape index (κ1) is 15.1. The Kier molecular flexibility index (Phi) is 4.83. The van der Waals surface area contributed by atoms with E-state index in [4.69, 9.17) is 22.7 Å². The van der Waals surface area contributed by atoms with Gasteiger partial charge in [-0.05, 0) is 39.1 Å². The number of methoxy groups -OCH3 is 1. The van der Waals surface area contributed by atoms with Crippen molar-refractivity contribution in [1.29, 1.82) is 0 Å². The smallest absolute Gasteiger partial charge is 0.120 e. The molecule has 4 nitrogen and oxygen atoms in total. The maximum absolute atomic E-state index is 5.84. The molecule has 1 aliphatic heterocycles. The second-order valence-electron chi connectivity index (χ2n) is 5.43. The zero-order chi connectivity index (χ0) is 14.7.